The molecule has 0 aromatic heterocycles. The zero-order valence-electron chi connectivity index (χ0n) is 7.70. The predicted octanol–water partition coefficient (Wildman–Crippen LogP) is -0.767. The molecule has 6 heteroatoms. The van der Waals surface area contributed by atoms with Crippen LogP contribution in [0.4, 0.5) is 4.79 Å². The number of primary amides is 1. The third-order valence-corrected chi connectivity index (χ3v) is 1.31. The molecule has 0 heterocycles. The smallest absolute Gasteiger partial charge is 0.407 e. The number of amides is 2. The standard InChI is InChI=1S/C7H14N2O4/c1-3-13-7(11)9-4-5(12-2)6(8)10/h5H,3-4H2,1-2H3,(H2,8,10)(H,9,11). The van der Waals surface area contributed by atoms with Crippen molar-refractivity contribution in [2.75, 3.05) is 20.3 Å². The fourth-order valence-electron chi connectivity index (χ4n) is 0.658. The lowest BCUT2D eigenvalue weighted by Gasteiger charge is -2.11. The van der Waals surface area contributed by atoms with E-state index in [4.69, 9.17) is 10.5 Å². The Balaban J connectivity index is 3.72. The van der Waals surface area contributed by atoms with Gasteiger partial charge in [0.05, 0.1) is 13.2 Å². The molecule has 0 radical (unpaired) electrons. The number of nitrogens with one attached hydrogen (secondary N) is 1. The van der Waals surface area contributed by atoms with Gasteiger partial charge in [-0.2, -0.15) is 0 Å². The zero-order valence-corrected chi connectivity index (χ0v) is 7.70. The van der Waals surface area contributed by atoms with E-state index in [1.54, 1.807) is 6.92 Å². The molecule has 0 aliphatic carbocycles. The summed E-state index contributed by atoms with van der Waals surface area (Å²) in [5.74, 6) is -0.626. The van der Waals surface area contributed by atoms with Crippen LogP contribution in [0.3, 0.4) is 0 Å². The van der Waals surface area contributed by atoms with Crippen LogP contribution in [0, 0.1) is 0 Å². The highest BCUT2D eigenvalue weighted by Crippen LogP contribution is 1.86. The van der Waals surface area contributed by atoms with Gasteiger partial charge in [0.1, 0.15) is 0 Å². The SMILES string of the molecule is CCOC(=O)NCC(OC)C(N)=O. The Labute approximate surface area is 76.4 Å². The first-order valence-corrected chi connectivity index (χ1v) is 3.84. The highest BCUT2D eigenvalue weighted by Gasteiger charge is 2.14. The highest BCUT2D eigenvalue weighted by molar-refractivity contribution is 5.79. The molecule has 0 saturated carbocycles. The molecule has 1 atom stereocenters. The van der Waals surface area contributed by atoms with Crippen LogP contribution in [0.25, 0.3) is 0 Å². The molecule has 0 aliphatic rings. The molecule has 1 unspecified atom stereocenters. The first-order chi connectivity index (χ1) is 6.11. The lowest BCUT2D eigenvalue weighted by atomic mass is 10.3. The van der Waals surface area contributed by atoms with Gasteiger partial charge in [0.2, 0.25) is 5.91 Å². The summed E-state index contributed by atoms with van der Waals surface area (Å²) in [7, 11) is 1.34. The second-order valence-electron chi connectivity index (χ2n) is 2.23. The predicted molar refractivity (Wildman–Crippen MR) is 45.0 cm³/mol. The van der Waals surface area contributed by atoms with E-state index in [9.17, 15) is 9.59 Å². The van der Waals surface area contributed by atoms with Crippen LogP contribution in [0.2, 0.25) is 0 Å². The highest BCUT2D eigenvalue weighted by atomic mass is 16.5. The molecule has 76 valence electrons. The Kier molecular flexibility index (Phi) is 5.62. The van der Waals surface area contributed by atoms with Crippen molar-refractivity contribution in [3.05, 3.63) is 0 Å². The Morgan fingerprint density at radius 1 is 1.54 bits per heavy atom. The van der Waals surface area contributed by atoms with Crippen LogP contribution < -0.4 is 11.1 Å². The first-order valence-electron chi connectivity index (χ1n) is 3.84. The number of carbonyl (C=O) groups is 2. The molecule has 6 nitrogen and oxygen atoms in total. The quantitative estimate of drug-likeness (QED) is 0.595. The van der Waals surface area contributed by atoms with Gasteiger partial charge in [-0.15, -0.1) is 0 Å². The summed E-state index contributed by atoms with van der Waals surface area (Å²) < 4.78 is 9.25. The minimum absolute atomic E-state index is 0.0185. The number of carbonyl (C=O) groups excluding carboxylic acids is 2. The summed E-state index contributed by atoms with van der Waals surface area (Å²) in [4.78, 5) is 21.4. The zero-order chi connectivity index (χ0) is 10.3. The molecule has 0 aliphatic heterocycles. The summed E-state index contributed by atoms with van der Waals surface area (Å²) in [6, 6.07) is 0. The lowest BCUT2D eigenvalue weighted by molar-refractivity contribution is -0.127. The van der Waals surface area contributed by atoms with Crippen LogP contribution in [-0.2, 0) is 14.3 Å². The first kappa shape index (κ1) is 11.7. The van der Waals surface area contributed by atoms with Gasteiger partial charge in [-0.3, -0.25) is 4.79 Å². The molecular formula is C7H14N2O4. The summed E-state index contributed by atoms with van der Waals surface area (Å²) in [6.07, 6.45) is -1.41. The average molecular weight is 190 g/mol. The number of nitrogens with two attached hydrogens (primary N) is 1. The third-order valence-electron chi connectivity index (χ3n) is 1.31. The van der Waals surface area contributed by atoms with E-state index in [0.29, 0.717) is 0 Å². The van der Waals surface area contributed by atoms with Gasteiger partial charge in [-0.25, -0.2) is 4.79 Å². The molecule has 13 heavy (non-hydrogen) atoms. The number of hydrogen-bond donors (Lipinski definition) is 2. The second kappa shape index (κ2) is 6.24. The van der Waals surface area contributed by atoms with Crippen molar-refractivity contribution >= 4 is 12.0 Å². The average Bonchev–Trinajstić information content (AvgIpc) is 2.05. The van der Waals surface area contributed by atoms with Crippen molar-refractivity contribution in [2.24, 2.45) is 5.73 Å². The summed E-state index contributed by atoms with van der Waals surface area (Å²) in [5, 5.41) is 2.33. The van der Waals surface area contributed by atoms with Crippen molar-refractivity contribution in [2.45, 2.75) is 13.0 Å². The topological polar surface area (TPSA) is 90.7 Å². The van der Waals surface area contributed by atoms with E-state index in [1.807, 2.05) is 0 Å². The van der Waals surface area contributed by atoms with Gasteiger partial charge in [-0.05, 0) is 6.92 Å². The molecule has 2 amide bonds. The third kappa shape index (κ3) is 5.02. The van der Waals surface area contributed by atoms with Crippen LogP contribution >= 0.6 is 0 Å². The van der Waals surface area contributed by atoms with E-state index in [0.717, 1.165) is 0 Å². The van der Waals surface area contributed by atoms with Crippen LogP contribution in [0.1, 0.15) is 6.92 Å². The molecular weight excluding hydrogens is 176 g/mol. The molecule has 0 fully saturated rings. The van der Waals surface area contributed by atoms with Crippen molar-refractivity contribution in [1.29, 1.82) is 0 Å². The van der Waals surface area contributed by atoms with Crippen molar-refractivity contribution < 1.29 is 19.1 Å². The van der Waals surface area contributed by atoms with E-state index < -0.39 is 18.1 Å². The van der Waals surface area contributed by atoms with Crippen molar-refractivity contribution in [3.63, 3.8) is 0 Å². The fourth-order valence-corrected chi connectivity index (χ4v) is 0.658. The van der Waals surface area contributed by atoms with Crippen molar-refractivity contribution in [1.82, 2.24) is 5.32 Å². The van der Waals surface area contributed by atoms with E-state index >= 15 is 0 Å². The maximum absolute atomic E-state index is 10.7. The molecule has 0 saturated heterocycles. The van der Waals surface area contributed by atoms with Gasteiger partial charge < -0.3 is 20.5 Å². The Morgan fingerprint density at radius 3 is 2.54 bits per heavy atom. The fraction of sp³-hybridized carbons (Fsp3) is 0.714. The van der Waals surface area contributed by atoms with Gasteiger partial charge in [0.25, 0.3) is 0 Å². The van der Waals surface area contributed by atoms with Gasteiger partial charge >= 0.3 is 6.09 Å². The van der Waals surface area contributed by atoms with Crippen LogP contribution in [-0.4, -0.2) is 38.4 Å². The molecule has 0 spiro atoms. The van der Waals surface area contributed by atoms with E-state index in [-0.39, 0.29) is 13.2 Å². The van der Waals surface area contributed by atoms with E-state index in [1.165, 1.54) is 7.11 Å². The van der Waals surface area contributed by atoms with E-state index in [2.05, 4.69) is 10.1 Å². The normalized spacial score (nSPS) is 11.8. The Bertz CT molecular complexity index is 183. The number of methoxy groups -OCH3 is 1. The van der Waals surface area contributed by atoms with Gasteiger partial charge in [0.15, 0.2) is 6.10 Å². The van der Waals surface area contributed by atoms with Gasteiger partial charge in [-0.1, -0.05) is 0 Å². The minimum atomic E-state index is -0.815. The van der Waals surface area contributed by atoms with Crippen molar-refractivity contribution in [3.8, 4) is 0 Å². The molecule has 0 aromatic carbocycles. The molecule has 0 bridgehead atoms. The van der Waals surface area contributed by atoms with Crippen LogP contribution in [0.5, 0.6) is 0 Å². The summed E-state index contributed by atoms with van der Waals surface area (Å²) in [6.45, 7) is 1.98. The maximum atomic E-state index is 10.7. The summed E-state index contributed by atoms with van der Waals surface area (Å²) in [5.41, 5.74) is 4.95. The monoisotopic (exact) mass is 190 g/mol. The number of rotatable bonds is 5. The molecule has 3 N–H and O–H groups in total. The number of hydrogen-bond acceptors (Lipinski definition) is 4. The number of alkyl carbamates (subject to hydrolysis) is 1. The second-order valence-corrected chi connectivity index (χ2v) is 2.23. The van der Waals surface area contributed by atoms with Gasteiger partial charge in [0, 0.05) is 7.11 Å². The number of ether oxygens (including phenoxy) is 2. The minimum Gasteiger partial charge on any atom is -0.450 e. The lowest BCUT2D eigenvalue weighted by Crippen LogP contribution is -2.41. The maximum Gasteiger partial charge on any atom is 0.407 e. The van der Waals surface area contributed by atoms with Crippen LogP contribution in [0.15, 0.2) is 0 Å². The summed E-state index contributed by atoms with van der Waals surface area (Å²) >= 11 is 0. The Hall–Kier alpha value is -1.30. The Morgan fingerprint density at radius 2 is 2.15 bits per heavy atom. The molecule has 0 aromatic rings. The molecule has 0 rings (SSSR count). The largest absolute Gasteiger partial charge is 0.450 e.